The molecule has 0 aliphatic carbocycles. The summed E-state index contributed by atoms with van der Waals surface area (Å²) in [5.74, 6) is 2.66. The molecule has 1 aliphatic rings. The zero-order chi connectivity index (χ0) is 5.11. The van der Waals surface area contributed by atoms with Crippen LogP contribution in [0.25, 0.3) is 0 Å². The lowest BCUT2D eigenvalue weighted by Gasteiger charge is -1.92. The van der Waals surface area contributed by atoms with Crippen LogP contribution in [0.2, 0.25) is 0 Å². The lowest BCUT2D eigenvalue weighted by atomic mass is 10.5. The van der Waals surface area contributed by atoms with Gasteiger partial charge in [0.15, 0.2) is 0 Å². The van der Waals surface area contributed by atoms with E-state index >= 15 is 0 Å². The van der Waals surface area contributed by atoms with Crippen molar-refractivity contribution in [3.8, 4) is 0 Å². The number of rotatable bonds is 0. The van der Waals surface area contributed by atoms with Gasteiger partial charge in [0, 0.05) is 12.1 Å². The van der Waals surface area contributed by atoms with Crippen LogP contribution in [-0.2, 0) is 0 Å². The first-order valence-corrected chi connectivity index (χ1v) is 2.10. The fourth-order valence-electron chi connectivity index (χ4n) is 0.366. The zero-order valence-electron chi connectivity index (χ0n) is 4.10. The van der Waals surface area contributed by atoms with Crippen molar-refractivity contribution >= 4 is 5.87 Å². The number of hydrogen-bond donors (Lipinski definition) is 1. The Morgan fingerprint density at radius 1 is 1.86 bits per heavy atom. The van der Waals surface area contributed by atoms with E-state index in [2.05, 4.69) is 16.2 Å². The molecule has 0 aromatic carbocycles. The second kappa shape index (κ2) is 1.63. The summed E-state index contributed by atoms with van der Waals surface area (Å²) in [6, 6.07) is 0. The van der Waals surface area contributed by atoms with Gasteiger partial charge in [0.05, 0.1) is 11.9 Å². The molecule has 0 radical (unpaired) electrons. The Balaban J connectivity index is 2.82. The van der Waals surface area contributed by atoms with Crippen molar-refractivity contribution in [1.82, 2.24) is 5.32 Å². The van der Waals surface area contributed by atoms with E-state index in [4.69, 9.17) is 0 Å². The first-order valence-electron chi connectivity index (χ1n) is 2.10. The summed E-state index contributed by atoms with van der Waals surface area (Å²) >= 11 is 0. The van der Waals surface area contributed by atoms with E-state index in [0.717, 1.165) is 5.70 Å². The SMILES string of the molecule is CC1=CNC=C=N1. The van der Waals surface area contributed by atoms with Crippen LogP contribution >= 0.6 is 0 Å². The Morgan fingerprint density at radius 3 is 3.00 bits per heavy atom. The second-order valence-corrected chi connectivity index (χ2v) is 1.34. The molecule has 36 valence electrons. The van der Waals surface area contributed by atoms with Crippen molar-refractivity contribution in [2.45, 2.75) is 6.92 Å². The highest BCUT2D eigenvalue weighted by atomic mass is 14.9. The van der Waals surface area contributed by atoms with Gasteiger partial charge in [-0.25, -0.2) is 4.99 Å². The molecule has 0 aromatic heterocycles. The van der Waals surface area contributed by atoms with Gasteiger partial charge in [0.25, 0.3) is 0 Å². The van der Waals surface area contributed by atoms with Gasteiger partial charge in [-0.05, 0) is 6.92 Å². The topological polar surface area (TPSA) is 24.4 Å². The molecule has 0 saturated heterocycles. The molecular weight excluding hydrogens is 88.1 g/mol. The minimum absolute atomic E-state index is 0.961. The van der Waals surface area contributed by atoms with Crippen molar-refractivity contribution in [2.24, 2.45) is 4.99 Å². The van der Waals surface area contributed by atoms with Gasteiger partial charge in [0.1, 0.15) is 0 Å². The standard InChI is InChI=1S/C5H6N2/c1-5-4-6-2-3-7-5/h2,4,6H,1H3. The van der Waals surface area contributed by atoms with Crippen molar-refractivity contribution in [3.05, 3.63) is 18.1 Å². The van der Waals surface area contributed by atoms with Gasteiger partial charge in [-0.2, -0.15) is 0 Å². The van der Waals surface area contributed by atoms with Gasteiger partial charge in [0.2, 0.25) is 0 Å². The molecular formula is C5H6N2. The monoisotopic (exact) mass is 94.1 g/mol. The van der Waals surface area contributed by atoms with Crippen LogP contribution in [0.3, 0.4) is 0 Å². The Kier molecular flexibility index (Phi) is 0.966. The molecule has 1 rings (SSSR count). The molecule has 1 N–H and O–H groups in total. The summed E-state index contributed by atoms with van der Waals surface area (Å²) in [6.07, 6.45) is 3.48. The van der Waals surface area contributed by atoms with Crippen molar-refractivity contribution in [1.29, 1.82) is 0 Å². The lowest BCUT2D eigenvalue weighted by Crippen LogP contribution is -1.96. The summed E-state index contributed by atoms with van der Waals surface area (Å²) in [5.41, 5.74) is 0.961. The van der Waals surface area contributed by atoms with E-state index in [0.29, 0.717) is 0 Å². The highest BCUT2D eigenvalue weighted by Gasteiger charge is 1.80. The fourth-order valence-corrected chi connectivity index (χ4v) is 0.366. The Hall–Kier alpha value is -1.01. The second-order valence-electron chi connectivity index (χ2n) is 1.34. The summed E-state index contributed by atoms with van der Waals surface area (Å²) in [4.78, 5) is 3.82. The molecule has 0 fully saturated rings. The van der Waals surface area contributed by atoms with E-state index in [1.54, 1.807) is 6.20 Å². The van der Waals surface area contributed by atoms with E-state index in [1.165, 1.54) is 0 Å². The van der Waals surface area contributed by atoms with Gasteiger partial charge >= 0.3 is 0 Å². The van der Waals surface area contributed by atoms with E-state index in [9.17, 15) is 0 Å². The van der Waals surface area contributed by atoms with Crippen LogP contribution in [-0.4, -0.2) is 5.87 Å². The maximum atomic E-state index is 3.82. The molecule has 2 nitrogen and oxygen atoms in total. The molecule has 0 bridgehead atoms. The third kappa shape index (κ3) is 0.913. The predicted octanol–water partition coefficient (Wildman–Crippen LogP) is 0.634. The largest absolute Gasteiger partial charge is 0.358 e. The lowest BCUT2D eigenvalue weighted by molar-refractivity contribution is 1.12. The van der Waals surface area contributed by atoms with Gasteiger partial charge in [-0.15, -0.1) is 0 Å². The molecule has 7 heavy (non-hydrogen) atoms. The number of aliphatic imine (C=N–C) groups is 1. The molecule has 1 aliphatic heterocycles. The summed E-state index contributed by atoms with van der Waals surface area (Å²) in [6.45, 7) is 1.91. The average Bonchev–Trinajstić information content (AvgIpc) is 1.69. The van der Waals surface area contributed by atoms with Gasteiger partial charge < -0.3 is 5.32 Å². The molecule has 0 unspecified atom stereocenters. The number of hydrogen-bond acceptors (Lipinski definition) is 2. The fraction of sp³-hybridized carbons (Fsp3) is 0.200. The third-order valence-electron chi connectivity index (χ3n) is 0.681. The van der Waals surface area contributed by atoms with Crippen LogP contribution in [0.15, 0.2) is 23.1 Å². The molecule has 0 spiro atoms. The Morgan fingerprint density at radius 2 is 2.71 bits per heavy atom. The molecule has 0 saturated carbocycles. The predicted molar refractivity (Wildman–Crippen MR) is 28.9 cm³/mol. The van der Waals surface area contributed by atoms with Crippen LogP contribution in [0.1, 0.15) is 6.92 Å². The summed E-state index contributed by atoms with van der Waals surface area (Å²) in [5, 5.41) is 2.84. The maximum absolute atomic E-state index is 3.82. The quantitative estimate of drug-likeness (QED) is 0.468. The minimum atomic E-state index is 0.961. The molecule has 0 aromatic rings. The highest BCUT2D eigenvalue weighted by molar-refractivity contribution is 5.54. The smallest absolute Gasteiger partial charge is 0.0636 e. The van der Waals surface area contributed by atoms with Gasteiger partial charge in [-0.3, -0.25) is 0 Å². The number of nitrogens with one attached hydrogen (secondary N) is 1. The van der Waals surface area contributed by atoms with Crippen LogP contribution in [0, 0.1) is 0 Å². The number of allylic oxidation sites excluding steroid dienone is 1. The first kappa shape index (κ1) is 4.16. The van der Waals surface area contributed by atoms with E-state index in [1.807, 2.05) is 13.1 Å². The van der Waals surface area contributed by atoms with Crippen molar-refractivity contribution in [3.63, 3.8) is 0 Å². The summed E-state index contributed by atoms with van der Waals surface area (Å²) < 4.78 is 0. The normalized spacial score (nSPS) is 15.9. The Labute approximate surface area is 42.3 Å². The van der Waals surface area contributed by atoms with E-state index in [-0.39, 0.29) is 0 Å². The highest BCUT2D eigenvalue weighted by Crippen LogP contribution is 1.90. The zero-order valence-corrected chi connectivity index (χ0v) is 4.10. The minimum Gasteiger partial charge on any atom is -0.358 e. The number of nitrogens with zero attached hydrogens (tertiary/aromatic N) is 1. The molecule has 0 amide bonds. The van der Waals surface area contributed by atoms with Crippen LogP contribution in [0.5, 0.6) is 0 Å². The van der Waals surface area contributed by atoms with Crippen LogP contribution < -0.4 is 5.32 Å². The first-order chi connectivity index (χ1) is 3.39. The Bertz CT molecular complexity index is 149. The average molecular weight is 94.1 g/mol. The van der Waals surface area contributed by atoms with Crippen molar-refractivity contribution < 1.29 is 0 Å². The molecule has 0 atom stereocenters. The van der Waals surface area contributed by atoms with Crippen LogP contribution in [0.4, 0.5) is 0 Å². The third-order valence-corrected chi connectivity index (χ3v) is 0.681. The maximum Gasteiger partial charge on any atom is 0.0636 e. The van der Waals surface area contributed by atoms with Gasteiger partial charge in [-0.1, -0.05) is 0 Å². The van der Waals surface area contributed by atoms with Crippen molar-refractivity contribution in [2.75, 3.05) is 0 Å². The molecule has 2 heteroatoms. The summed E-state index contributed by atoms with van der Waals surface area (Å²) in [7, 11) is 0. The molecule has 1 heterocycles. The van der Waals surface area contributed by atoms with E-state index < -0.39 is 0 Å².